The van der Waals surface area contributed by atoms with E-state index in [0.717, 1.165) is 59.8 Å². The zero-order valence-corrected chi connectivity index (χ0v) is 26.0. The molecule has 0 amide bonds. The number of halogens is 1. The number of aromatic nitrogens is 2. The van der Waals surface area contributed by atoms with Gasteiger partial charge in [0.05, 0.1) is 29.8 Å². The van der Waals surface area contributed by atoms with E-state index in [2.05, 4.69) is 29.8 Å². The van der Waals surface area contributed by atoms with Crippen LogP contribution in [0.1, 0.15) is 75.9 Å². The molecule has 3 heterocycles. The van der Waals surface area contributed by atoms with Gasteiger partial charge in [0.25, 0.3) is 0 Å². The van der Waals surface area contributed by atoms with Gasteiger partial charge in [0, 0.05) is 47.6 Å². The van der Waals surface area contributed by atoms with E-state index in [1.165, 1.54) is 0 Å². The molecular weight excluding hydrogens is 538 g/mol. The quantitative estimate of drug-likeness (QED) is 0.279. The highest BCUT2D eigenvalue weighted by Gasteiger charge is 2.36. The first-order valence-electron chi connectivity index (χ1n) is 14.2. The summed E-state index contributed by atoms with van der Waals surface area (Å²) in [4.78, 5) is 24.2. The Morgan fingerprint density at radius 2 is 1.80 bits per heavy atom. The van der Waals surface area contributed by atoms with E-state index < -0.39 is 17.7 Å². The Balaban J connectivity index is 1.66. The standard InChI is InChI=1S/C33H42ClN3O4/c1-21-8-9-23(18-26(21)34)12-17-40-24-10-11-27(36-19-24)25-20-35-22(2)28(30(31(38)39)41-32(3,4)5)29(25)37-15-13-33(6,7)14-16-37/h8-11,18-20,30H,12-17H2,1-7H3,(H,38,39)/t30-/m0/s1. The van der Waals surface area contributed by atoms with Gasteiger partial charge >= 0.3 is 5.97 Å². The molecule has 1 fully saturated rings. The molecule has 3 aromatic rings. The van der Waals surface area contributed by atoms with Gasteiger partial charge in [-0.15, -0.1) is 0 Å². The molecule has 1 saturated heterocycles. The van der Waals surface area contributed by atoms with E-state index in [-0.39, 0.29) is 5.41 Å². The Kier molecular flexibility index (Phi) is 9.29. The summed E-state index contributed by atoms with van der Waals surface area (Å²) in [7, 11) is 0. The number of carbonyl (C=O) groups is 1. The summed E-state index contributed by atoms with van der Waals surface area (Å²) in [6.45, 7) is 16.1. The molecule has 41 heavy (non-hydrogen) atoms. The van der Waals surface area contributed by atoms with Crippen LogP contribution in [0, 0.1) is 19.3 Å². The van der Waals surface area contributed by atoms with Crippen LogP contribution in [0.3, 0.4) is 0 Å². The first kappa shape index (κ1) is 30.8. The number of benzene rings is 1. The van der Waals surface area contributed by atoms with Crippen molar-refractivity contribution in [2.75, 3.05) is 24.6 Å². The monoisotopic (exact) mass is 579 g/mol. The summed E-state index contributed by atoms with van der Waals surface area (Å²) in [5.74, 6) is -0.375. The predicted molar refractivity (Wildman–Crippen MR) is 164 cm³/mol. The van der Waals surface area contributed by atoms with Crippen LogP contribution < -0.4 is 9.64 Å². The number of carboxylic acids is 1. The maximum absolute atomic E-state index is 12.6. The average molecular weight is 580 g/mol. The van der Waals surface area contributed by atoms with E-state index in [1.54, 1.807) is 12.4 Å². The zero-order chi connectivity index (χ0) is 29.9. The van der Waals surface area contributed by atoms with Crippen molar-refractivity contribution in [2.24, 2.45) is 5.41 Å². The maximum atomic E-state index is 12.6. The van der Waals surface area contributed by atoms with E-state index >= 15 is 0 Å². The first-order valence-corrected chi connectivity index (χ1v) is 14.6. The largest absolute Gasteiger partial charge is 0.492 e. The second-order valence-corrected chi connectivity index (χ2v) is 13.1. The number of hydrogen-bond acceptors (Lipinski definition) is 6. The fraction of sp³-hybridized carbons (Fsp3) is 0.485. The van der Waals surface area contributed by atoms with Crippen LogP contribution in [0.15, 0.2) is 42.7 Å². The lowest BCUT2D eigenvalue weighted by molar-refractivity contribution is -0.160. The van der Waals surface area contributed by atoms with Crippen LogP contribution in [-0.2, 0) is 16.0 Å². The van der Waals surface area contributed by atoms with Crippen molar-refractivity contribution in [3.8, 4) is 17.0 Å². The molecule has 1 aromatic carbocycles. The van der Waals surface area contributed by atoms with Crippen LogP contribution in [0.4, 0.5) is 5.69 Å². The molecule has 1 aliphatic rings. The lowest BCUT2D eigenvalue weighted by Gasteiger charge is -2.40. The molecule has 1 aliphatic heterocycles. The molecule has 0 bridgehead atoms. The Morgan fingerprint density at radius 1 is 1.10 bits per heavy atom. The number of piperidine rings is 1. The number of carboxylic acid groups (broad SMARTS) is 1. The van der Waals surface area contributed by atoms with Crippen molar-refractivity contribution in [3.05, 3.63) is 70.1 Å². The summed E-state index contributed by atoms with van der Waals surface area (Å²) in [6.07, 6.45) is 5.07. The third-order valence-electron chi connectivity index (χ3n) is 7.59. The van der Waals surface area contributed by atoms with Crippen molar-refractivity contribution in [3.63, 3.8) is 0 Å². The highest BCUT2D eigenvalue weighted by Crippen LogP contribution is 2.43. The van der Waals surface area contributed by atoms with Crippen molar-refractivity contribution >= 4 is 23.3 Å². The summed E-state index contributed by atoms with van der Waals surface area (Å²) < 4.78 is 12.1. The normalized spacial score (nSPS) is 16.0. The molecule has 0 radical (unpaired) electrons. The lowest BCUT2D eigenvalue weighted by Crippen LogP contribution is -2.39. The number of aliphatic carboxylic acids is 1. The second-order valence-electron chi connectivity index (χ2n) is 12.7. The zero-order valence-electron chi connectivity index (χ0n) is 25.3. The number of ether oxygens (including phenoxy) is 2. The van der Waals surface area contributed by atoms with Crippen LogP contribution in [0.2, 0.25) is 5.02 Å². The van der Waals surface area contributed by atoms with Crippen molar-refractivity contribution < 1.29 is 19.4 Å². The number of pyridine rings is 2. The fourth-order valence-electron chi connectivity index (χ4n) is 5.08. The van der Waals surface area contributed by atoms with Gasteiger partial charge < -0.3 is 19.5 Å². The van der Waals surface area contributed by atoms with E-state index in [0.29, 0.717) is 29.3 Å². The number of aryl methyl sites for hydroxylation is 2. The molecular formula is C33H42ClN3O4. The van der Waals surface area contributed by atoms with Crippen LogP contribution in [-0.4, -0.2) is 46.3 Å². The number of rotatable bonds is 9. The molecule has 0 aliphatic carbocycles. The van der Waals surface area contributed by atoms with E-state index in [9.17, 15) is 9.90 Å². The molecule has 0 saturated carbocycles. The summed E-state index contributed by atoms with van der Waals surface area (Å²) in [5, 5.41) is 11.1. The minimum absolute atomic E-state index is 0.230. The molecule has 0 unspecified atom stereocenters. The third kappa shape index (κ3) is 7.77. The minimum atomic E-state index is -1.16. The van der Waals surface area contributed by atoms with Crippen LogP contribution in [0.25, 0.3) is 11.3 Å². The van der Waals surface area contributed by atoms with Gasteiger partial charge in [0.2, 0.25) is 0 Å². The molecule has 8 heteroatoms. The highest BCUT2D eigenvalue weighted by molar-refractivity contribution is 6.31. The molecule has 2 aromatic heterocycles. The summed E-state index contributed by atoms with van der Waals surface area (Å²) >= 11 is 6.26. The van der Waals surface area contributed by atoms with E-state index in [4.69, 9.17) is 26.1 Å². The van der Waals surface area contributed by atoms with Crippen molar-refractivity contribution in [1.29, 1.82) is 0 Å². The Labute approximate surface area is 248 Å². The molecule has 1 N–H and O–H groups in total. The van der Waals surface area contributed by atoms with Gasteiger partial charge in [0.1, 0.15) is 5.75 Å². The number of anilines is 1. The van der Waals surface area contributed by atoms with Gasteiger partial charge in [0.15, 0.2) is 6.10 Å². The highest BCUT2D eigenvalue weighted by atomic mass is 35.5. The molecule has 1 atom stereocenters. The first-order chi connectivity index (χ1) is 19.2. The van der Waals surface area contributed by atoms with Gasteiger partial charge in [-0.3, -0.25) is 9.97 Å². The third-order valence-corrected chi connectivity index (χ3v) is 7.99. The van der Waals surface area contributed by atoms with Crippen molar-refractivity contribution in [1.82, 2.24) is 9.97 Å². The van der Waals surface area contributed by atoms with E-state index in [1.807, 2.05) is 58.9 Å². The number of hydrogen-bond donors (Lipinski definition) is 1. The van der Waals surface area contributed by atoms with Crippen LogP contribution in [0.5, 0.6) is 5.75 Å². The lowest BCUT2D eigenvalue weighted by atomic mass is 9.82. The summed E-state index contributed by atoms with van der Waals surface area (Å²) in [6, 6.07) is 9.85. The van der Waals surface area contributed by atoms with Gasteiger partial charge in [-0.05, 0) is 82.2 Å². The second kappa shape index (κ2) is 12.4. The predicted octanol–water partition coefficient (Wildman–Crippen LogP) is 7.60. The average Bonchev–Trinajstić information content (AvgIpc) is 2.89. The van der Waals surface area contributed by atoms with Gasteiger partial charge in [-0.1, -0.05) is 37.6 Å². The Hall–Kier alpha value is -3.16. The molecule has 4 rings (SSSR count). The smallest absolute Gasteiger partial charge is 0.337 e. The summed E-state index contributed by atoms with van der Waals surface area (Å²) in [5.41, 5.74) is 5.29. The number of nitrogens with zero attached hydrogens (tertiary/aromatic N) is 3. The molecule has 220 valence electrons. The minimum Gasteiger partial charge on any atom is -0.492 e. The fourth-order valence-corrected chi connectivity index (χ4v) is 5.28. The SMILES string of the molecule is Cc1ccc(CCOc2ccc(-c3cnc(C)c([C@H](OC(C)(C)C)C(=O)O)c3N3CCC(C)(C)CC3)nc2)cc1Cl. The van der Waals surface area contributed by atoms with Crippen molar-refractivity contribution in [2.45, 2.75) is 79.4 Å². The van der Waals surface area contributed by atoms with Crippen LogP contribution >= 0.6 is 11.6 Å². The molecule has 0 spiro atoms. The Morgan fingerprint density at radius 3 is 2.39 bits per heavy atom. The maximum Gasteiger partial charge on any atom is 0.337 e. The molecule has 7 nitrogen and oxygen atoms in total. The topological polar surface area (TPSA) is 84.8 Å². The van der Waals surface area contributed by atoms with Gasteiger partial charge in [-0.25, -0.2) is 4.79 Å². The Bertz CT molecular complexity index is 1370. The van der Waals surface area contributed by atoms with Gasteiger partial charge in [-0.2, -0.15) is 0 Å².